The lowest BCUT2D eigenvalue weighted by Gasteiger charge is -2.49. The lowest BCUT2D eigenvalue weighted by atomic mass is 10.0. The molecule has 2 aromatic heterocycles. The van der Waals surface area contributed by atoms with Crippen LogP contribution in [0.5, 0.6) is 0 Å². The van der Waals surface area contributed by atoms with Gasteiger partial charge >= 0.3 is 0 Å². The number of hydrogen-bond donors (Lipinski definition) is 2. The van der Waals surface area contributed by atoms with Crippen LogP contribution < -0.4 is 15.5 Å². The predicted molar refractivity (Wildman–Crippen MR) is 139 cm³/mol. The van der Waals surface area contributed by atoms with E-state index in [1.165, 1.54) is 10.7 Å². The van der Waals surface area contributed by atoms with E-state index in [-0.39, 0.29) is 17.6 Å². The zero-order valence-corrected chi connectivity index (χ0v) is 21.5. The molecule has 3 fully saturated rings. The molecule has 3 aromatic rings. The largest absolute Gasteiger partial charge is 0.373 e. The molecule has 4 heterocycles. The zero-order valence-electron chi connectivity index (χ0n) is 20.7. The Morgan fingerprint density at radius 1 is 1.19 bits per heavy atom. The molecule has 0 unspecified atom stereocenters. The van der Waals surface area contributed by atoms with E-state index < -0.39 is 0 Å². The van der Waals surface area contributed by atoms with Crippen LogP contribution in [0.1, 0.15) is 37.9 Å². The molecule has 1 saturated carbocycles. The fourth-order valence-electron chi connectivity index (χ4n) is 4.98. The van der Waals surface area contributed by atoms with Crippen molar-refractivity contribution in [2.24, 2.45) is 0 Å². The second kappa shape index (κ2) is 9.03. The van der Waals surface area contributed by atoms with Crippen LogP contribution in [0.15, 0.2) is 18.3 Å². The minimum absolute atomic E-state index is 0.150. The number of nitrogens with zero attached hydrogens (tertiary/aromatic N) is 8. The van der Waals surface area contributed by atoms with E-state index in [0.29, 0.717) is 46.1 Å². The molecule has 11 nitrogen and oxygen atoms in total. The van der Waals surface area contributed by atoms with Gasteiger partial charge in [-0.25, -0.2) is 4.98 Å². The molecule has 1 aromatic carbocycles. The minimum Gasteiger partial charge on any atom is -0.373 e. The van der Waals surface area contributed by atoms with Gasteiger partial charge in [0, 0.05) is 32.2 Å². The third-order valence-electron chi connectivity index (χ3n) is 7.02. The van der Waals surface area contributed by atoms with Gasteiger partial charge in [0.2, 0.25) is 5.95 Å². The van der Waals surface area contributed by atoms with Crippen molar-refractivity contribution in [2.75, 3.05) is 48.3 Å². The van der Waals surface area contributed by atoms with Crippen molar-refractivity contribution in [3.8, 4) is 12.1 Å². The summed E-state index contributed by atoms with van der Waals surface area (Å²) in [5.41, 5.74) is 2.42. The molecule has 6 rings (SSSR count). The summed E-state index contributed by atoms with van der Waals surface area (Å²) in [6, 6.07) is 8.46. The molecule has 2 N–H and O–H groups in total. The summed E-state index contributed by atoms with van der Waals surface area (Å²) in [6.45, 7) is 8.22. The molecule has 2 saturated heterocycles. The average molecular weight is 519 g/mol. The van der Waals surface area contributed by atoms with E-state index in [1.54, 1.807) is 6.07 Å². The van der Waals surface area contributed by atoms with Gasteiger partial charge in [-0.1, -0.05) is 11.6 Å². The van der Waals surface area contributed by atoms with Gasteiger partial charge in [0.15, 0.2) is 17.2 Å². The molecule has 12 heteroatoms. The third kappa shape index (κ3) is 4.62. The van der Waals surface area contributed by atoms with Crippen molar-refractivity contribution in [2.45, 2.75) is 44.4 Å². The highest BCUT2D eigenvalue weighted by molar-refractivity contribution is 6.36. The van der Waals surface area contributed by atoms with Gasteiger partial charge in [0.25, 0.3) is 0 Å². The van der Waals surface area contributed by atoms with E-state index in [2.05, 4.69) is 61.5 Å². The number of nitrogens with one attached hydrogen (secondary N) is 2. The van der Waals surface area contributed by atoms with E-state index in [9.17, 15) is 10.5 Å². The number of halogens is 1. The first-order valence-corrected chi connectivity index (χ1v) is 12.8. The number of anilines is 4. The summed E-state index contributed by atoms with van der Waals surface area (Å²) in [5.74, 6) is 0.798. The van der Waals surface area contributed by atoms with Crippen molar-refractivity contribution in [3.63, 3.8) is 0 Å². The summed E-state index contributed by atoms with van der Waals surface area (Å²) in [5, 5.41) is 30.8. The van der Waals surface area contributed by atoms with Gasteiger partial charge in [-0.3, -0.25) is 4.90 Å². The number of aromatic nitrogens is 4. The van der Waals surface area contributed by atoms with Gasteiger partial charge in [0.05, 0.1) is 52.5 Å². The summed E-state index contributed by atoms with van der Waals surface area (Å²) < 4.78 is 7.53. The van der Waals surface area contributed by atoms with Crippen LogP contribution in [0.25, 0.3) is 5.65 Å². The number of imidazole rings is 1. The Morgan fingerprint density at radius 3 is 2.78 bits per heavy atom. The van der Waals surface area contributed by atoms with E-state index in [1.807, 2.05) is 6.07 Å². The van der Waals surface area contributed by atoms with Gasteiger partial charge in [0.1, 0.15) is 6.07 Å². The molecule has 0 spiro atoms. The fraction of sp³-hybridized carbons (Fsp3) is 0.480. The van der Waals surface area contributed by atoms with Gasteiger partial charge in [-0.05, 0) is 38.8 Å². The van der Waals surface area contributed by atoms with E-state index in [0.717, 1.165) is 44.7 Å². The summed E-state index contributed by atoms with van der Waals surface area (Å²) in [4.78, 5) is 13.6. The molecule has 0 radical (unpaired) electrons. The Hall–Kier alpha value is -3.64. The Bertz CT molecular complexity index is 1450. The smallest absolute Gasteiger partial charge is 0.247 e. The Kier molecular flexibility index (Phi) is 5.80. The van der Waals surface area contributed by atoms with Crippen LogP contribution in [0.3, 0.4) is 0 Å². The van der Waals surface area contributed by atoms with Crippen LogP contribution in [-0.2, 0) is 4.74 Å². The fourth-order valence-corrected chi connectivity index (χ4v) is 5.25. The molecule has 0 amide bonds. The molecule has 1 atom stereocenters. The highest BCUT2D eigenvalue weighted by Crippen LogP contribution is 2.38. The second-order valence-electron chi connectivity index (χ2n) is 10.4. The molecular formula is C25H27ClN10O. The zero-order chi connectivity index (χ0) is 25.7. The lowest BCUT2D eigenvalue weighted by Crippen LogP contribution is -2.62. The Labute approximate surface area is 219 Å². The summed E-state index contributed by atoms with van der Waals surface area (Å²) in [7, 11) is 0. The van der Waals surface area contributed by atoms with Gasteiger partial charge < -0.3 is 20.3 Å². The maximum Gasteiger partial charge on any atom is 0.247 e. The third-order valence-corrected chi connectivity index (χ3v) is 7.42. The van der Waals surface area contributed by atoms with Crippen LogP contribution >= 0.6 is 11.6 Å². The average Bonchev–Trinajstić information content (AvgIpc) is 3.60. The Morgan fingerprint density at radius 2 is 2.03 bits per heavy atom. The number of rotatable bonds is 5. The van der Waals surface area contributed by atoms with E-state index >= 15 is 0 Å². The minimum atomic E-state index is -0.150. The number of hydrogen-bond acceptors (Lipinski definition) is 10. The lowest BCUT2D eigenvalue weighted by molar-refractivity contribution is -0.116. The van der Waals surface area contributed by atoms with Crippen LogP contribution in [0.2, 0.25) is 5.02 Å². The van der Waals surface area contributed by atoms with E-state index in [4.69, 9.17) is 16.3 Å². The van der Waals surface area contributed by atoms with Crippen molar-refractivity contribution in [1.82, 2.24) is 24.5 Å². The number of piperazine rings is 1. The van der Waals surface area contributed by atoms with Crippen LogP contribution in [0.4, 0.5) is 23.1 Å². The molecule has 37 heavy (non-hydrogen) atoms. The predicted octanol–water partition coefficient (Wildman–Crippen LogP) is 3.14. The summed E-state index contributed by atoms with van der Waals surface area (Å²) >= 11 is 6.93. The quantitative estimate of drug-likeness (QED) is 0.519. The number of morpholine rings is 1. The highest BCUT2D eigenvalue weighted by atomic mass is 35.5. The topological polar surface area (TPSA) is 130 Å². The standard InChI is InChI=1S/C25H27ClN10O/c1-25(2)14-35-6-5-34(12-18(35)13-37-25)20-8-15(9-27)7-19(21(20)26)31-24-32-22(30-16-3-4-16)23-29-11-17(10-28)36(23)33-24/h7-8,11,16,18H,3-6,12-14H2,1-2H3,(H2,30,31,32,33)/t18-/m0/s1. The monoisotopic (exact) mass is 518 g/mol. The van der Waals surface area contributed by atoms with Crippen molar-refractivity contribution >= 4 is 40.4 Å². The first-order chi connectivity index (χ1) is 17.8. The van der Waals surface area contributed by atoms with Crippen molar-refractivity contribution < 1.29 is 4.74 Å². The molecule has 2 aliphatic heterocycles. The van der Waals surface area contributed by atoms with Crippen molar-refractivity contribution in [3.05, 3.63) is 34.6 Å². The number of benzene rings is 1. The number of fused-ring (bicyclic) bond motifs is 2. The molecule has 3 aliphatic rings. The first kappa shape index (κ1) is 23.7. The molecular weight excluding hydrogens is 492 g/mol. The molecule has 1 aliphatic carbocycles. The molecule has 0 bridgehead atoms. The summed E-state index contributed by atoms with van der Waals surface area (Å²) in [6.07, 6.45) is 3.59. The number of nitriles is 2. The normalized spacial score (nSPS) is 21.2. The number of ether oxygens (including phenoxy) is 1. The van der Waals surface area contributed by atoms with Gasteiger partial charge in [-0.2, -0.15) is 20.0 Å². The van der Waals surface area contributed by atoms with Crippen molar-refractivity contribution in [1.29, 1.82) is 10.5 Å². The van der Waals surface area contributed by atoms with Crippen LogP contribution in [0, 0.1) is 22.7 Å². The Balaban J connectivity index is 1.32. The SMILES string of the molecule is CC1(C)CN2CCN(c3cc(C#N)cc(Nc4nc(NC5CC5)c5ncc(C#N)n5n4)c3Cl)C[C@H]2CO1. The van der Waals surface area contributed by atoms with Crippen LogP contribution in [-0.4, -0.2) is 75.0 Å². The highest BCUT2D eigenvalue weighted by Gasteiger charge is 2.37. The maximum absolute atomic E-state index is 9.76. The second-order valence-corrected chi connectivity index (χ2v) is 10.8. The van der Waals surface area contributed by atoms with Gasteiger partial charge in [-0.15, -0.1) is 5.10 Å². The first-order valence-electron chi connectivity index (χ1n) is 12.4. The molecule has 190 valence electrons. The maximum atomic E-state index is 9.76.